The van der Waals surface area contributed by atoms with Gasteiger partial charge >= 0.3 is 6.09 Å². The van der Waals surface area contributed by atoms with E-state index in [4.69, 9.17) is 4.74 Å². The molecule has 0 fully saturated rings. The highest BCUT2D eigenvalue weighted by molar-refractivity contribution is 6.08. The summed E-state index contributed by atoms with van der Waals surface area (Å²) in [4.78, 5) is 41.9. The molecule has 39 heavy (non-hydrogen) atoms. The zero-order valence-corrected chi connectivity index (χ0v) is 21.0. The molecule has 1 heterocycles. The Morgan fingerprint density at radius 2 is 1.38 bits per heavy atom. The normalized spacial score (nSPS) is 10.6. The third kappa shape index (κ3) is 5.78. The van der Waals surface area contributed by atoms with E-state index < -0.39 is 6.09 Å². The molecule has 9 nitrogen and oxygen atoms in total. The minimum atomic E-state index is -0.608. The van der Waals surface area contributed by atoms with Crippen molar-refractivity contribution < 1.29 is 19.1 Å². The third-order valence-corrected chi connectivity index (χ3v) is 5.94. The van der Waals surface area contributed by atoms with E-state index >= 15 is 0 Å². The number of para-hydroxylation sites is 3. The van der Waals surface area contributed by atoms with Gasteiger partial charge in [0, 0.05) is 22.5 Å². The molecule has 0 unspecified atom stereocenters. The van der Waals surface area contributed by atoms with Gasteiger partial charge < -0.3 is 15.4 Å². The minimum Gasteiger partial charge on any atom is -0.450 e. The first kappa shape index (κ1) is 25.2. The van der Waals surface area contributed by atoms with Gasteiger partial charge in [0.15, 0.2) is 0 Å². The molecule has 4 aromatic carbocycles. The van der Waals surface area contributed by atoms with Crippen molar-refractivity contribution in [1.29, 1.82) is 0 Å². The van der Waals surface area contributed by atoms with Crippen molar-refractivity contribution in [2.75, 3.05) is 22.6 Å². The number of ether oxygens (including phenoxy) is 1. The minimum absolute atomic E-state index is 0.233. The smallest absolute Gasteiger partial charge is 0.411 e. The Kier molecular flexibility index (Phi) is 7.31. The average molecular weight is 520 g/mol. The van der Waals surface area contributed by atoms with Crippen molar-refractivity contribution in [3.8, 4) is 5.69 Å². The number of anilines is 3. The van der Waals surface area contributed by atoms with Crippen LogP contribution in [-0.2, 0) is 4.74 Å². The van der Waals surface area contributed by atoms with E-state index in [2.05, 4.69) is 20.9 Å². The van der Waals surface area contributed by atoms with Gasteiger partial charge in [0.2, 0.25) is 0 Å². The number of aromatic nitrogens is 2. The highest BCUT2D eigenvalue weighted by Crippen LogP contribution is 2.23. The Hall–Kier alpha value is -5.44. The number of nitrogens with zero attached hydrogens (tertiary/aromatic N) is 2. The van der Waals surface area contributed by atoms with E-state index in [0.29, 0.717) is 33.7 Å². The number of benzene rings is 4. The Balaban J connectivity index is 1.25. The molecule has 3 N–H and O–H groups in total. The van der Waals surface area contributed by atoms with Crippen molar-refractivity contribution in [1.82, 2.24) is 9.55 Å². The first-order valence-electron chi connectivity index (χ1n) is 12.3. The molecule has 0 aliphatic heterocycles. The second-order valence-electron chi connectivity index (χ2n) is 8.53. The summed E-state index contributed by atoms with van der Waals surface area (Å²) in [6.45, 7) is 1.94. The van der Waals surface area contributed by atoms with Gasteiger partial charge in [-0.1, -0.05) is 30.3 Å². The largest absolute Gasteiger partial charge is 0.450 e. The molecule has 5 rings (SSSR count). The molecule has 0 aliphatic rings. The van der Waals surface area contributed by atoms with Crippen LogP contribution >= 0.6 is 0 Å². The lowest BCUT2D eigenvalue weighted by atomic mass is 10.1. The third-order valence-electron chi connectivity index (χ3n) is 5.94. The van der Waals surface area contributed by atoms with E-state index in [1.807, 2.05) is 41.0 Å². The van der Waals surface area contributed by atoms with Gasteiger partial charge in [0.05, 0.1) is 29.0 Å². The maximum Gasteiger partial charge on any atom is 0.411 e. The van der Waals surface area contributed by atoms with Crippen molar-refractivity contribution in [3.63, 3.8) is 0 Å². The maximum absolute atomic E-state index is 12.9. The van der Waals surface area contributed by atoms with E-state index in [-0.39, 0.29) is 18.4 Å². The number of fused-ring (bicyclic) bond motifs is 1. The molecule has 3 amide bonds. The van der Waals surface area contributed by atoms with Crippen LogP contribution in [0, 0.1) is 0 Å². The first-order chi connectivity index (χ1) is 19.0. The van der Waals surface area contributed by atoms with E-state index in [9.17, 15) is 14.4 Å². The Morgan fingerprint density at radius 1 is 0.744 bits per heavy atom. The van der Waals surface area contributed by atoms with E-state index in [1.165, 1.54) is 0 Å². The quantitative estimate of drug-likeness (QED) is 0.240. The molecule has 1 aromatic heterocycles. The van der Waals surface area contributed by atoms with Gasteiger partial charge in [0.25, 0.3) is 11.8 Å². The lowest BCUT2D eigenvalue weighted by Gasteiger charge is -2.12. The number of imidazole rings is 1. The maximum atomic E-state index is 12.9. The van der Waals surface area contributed by atoms with Gasteiger partial charge in [-0.2, -0.15) is 0 Å². The lowest BCUT2D eigenvalue weighted by molar-refractivity contribution is 0.102. The second-order valence-corrected chi connectivity index (χ2v) is 8.53. The highest BCUT2D eigenvalue weighted by atomic mass is 16.5. The molecule has 0 saturated heterocycles. The van der Waals surface area contributed by atoms with E-state index in [1.54, 1.807) is 73.9 Å². The van der Waals surface area contributed by atoms with Crippen LogP contribution in [0.15, 0.2) is 103 Å². The molecule has 0 spiro atoms. The summed E-state index contributed by atoms with van der Waals surface area (Å²) in [5.74, 6) is -0.659. The van der Waals surface area contributed by atoms with Gasteiger partial charge in [-0.3, -0.25) is 19.5 Å². The second kappa shape index (κ2) is 11.3. The van der Waals surface area contributed by atoms with Crippen LogP contribution in [0.2, 0.25) is 0 Å². The predicted molar refractivity (Wildman–Crippen MR) is 151 cm³/mol. The predicted octanol–water partition coefficient (Wildman–Crippen LogP) is 6.10. The molecular formula is C30H25N5O4. The number of hydrogen-bond donors (Lipinski definition) is 3. The van der Waals surface area contributed by atoms with Gasteiger partial charge in [-0.15, -0.1) is 0 Å². The Labute approximate surface area is 224 Å². The highest BCUT2D eigenvalue weighted by Gasteiger charge is 2.13. The van der Waals surface area contributed by atoms with Crippen molar-refractivity contribution in [2.24, 2.45) is 0 Å². The average Bonchev–Trinajstić information content (AvgIpc) is 3.38. The van der Waals surface area contributed by atoms with Crippen molar-refractivity contribution >= 4 is 46.0 Å². The van der Waals surface area contributed by atoms with Crippen LogP contribution in [0.25, 0.3) is 16.7 Å². The fourth-order valence-corrected chi connectivity index (χ4v) is 4.03. The molecule has 9 heteroatoms. The SMILES string of the molecule is CCOC(=O)Nc1ccccc1NC(=O)c1ccc(NC(=O)c2ccc3c(c2)ncn3-c2ccccc2)cc1. The van der Waals surface area contributed by atoms with Crippen LogP contribution in [0.5, 0.6) is 0 Å². The monoisotopic (exact) mass is 519 g/mol. The molecule has 0 saturated carbocycles. The van der Waals surface area contributed by atoms with Gasteiger partial charge in [-0.05, 0) is 73.7 Å². The molecule has 0 radical (unpaired) electrons. The molecular weight excluding hydrogens is 494 g/mol. The molecule has 0 atom stereocenters. The van der Waals surface area contributed by atoms with Crippen LogP contribution in [0.4, 0.5) is 21.9 Å². The summed E-state index contributed by atoms with van der Waals surface area (Å²) in [5, 5.41) is 8.24. The number of hydrogen-bond acceptors (Lipinski definition) is 5. The molecule has 5 aromatic rings. The summed E-state index contributed by atoms with van der Waals surface area (Å²) in [5.41, 5.74) is 4.82. The molecule has 0 bridgehead atoms. The van der Waals surface area contributed by atoms with Crippen molar-refractivity contribution in [3.05, 3.63) is 115 Å². The number of carbonyl (C=O) groups excluding carboxylic acids is 3. The Morgan fingerprint density at radius 3 is 2.10 bits per heavy atom. The summed E-state index contributed by atoms with van der Waals surface area (Å²) in [6.07, 6.45) is 1.12. The standard InChI is InChI=1S/C30H25N5O4/c1-2-39-30(38)34-25-11-7-6-10-24(25)33-28(36)20-12-15-22(16-13-20)32-29(37)21-14-17-27-26(18-21)31-19-35(27)23-8-4-3-5-9-23/h3-19H,2H2,1H3,(H,32,37)(H,33,36)(H,34,38). The van der Waals surface area contributed by atoms with Crippen LogP contribution in [-0.4, -0.2) is 34.1 Å². The zero-order chi connectivity index (χ0) is 27.2. The van der Waals surface area contributed by atoms with Crippen LogP contribution < -0.4 is 16.0 Å². The number of nitrogens with one attached hydrogen (secondary N) is 3. The Bertz CT molecular complexity index is 1650. The molecule has 194 valence electrons. The van der Waals surface area contributed by atoms with Crippen molar-refractivity contribution in [2.45, 2.75) is 6.92 Å². The van der Waals surface area contributed by atoms with Gasteiger partial charge in [-0.25, -0.2) is 9.78 Å². The van der Waals surface area contributed by atoms with Crippen LogP contribution in [0.3, 0.4) is 0 Å². The summed E-state index contributed by atoms with van der Waals surface area (Å²) >= 11 is 0. The number of rotatable bonds is 7. The van der Waals surface area contributed by atoms with E-state index in [0.717, 1.165) is 11.2 Å². The number of amides is 3. The summed E-state index contributed by atoms with van der Waals surface area (Å²) in [6, 6.07) is 28.6. The van der Waals surface area contributed by atoms with Crippen LogP contribution in [0.1, 0.15) is 27.6 Å². The lowest BCUT2D eigenvalue weighted by Crippen LogP contribution is -2.17. The fourth-order valence-electron chi connectivity index (χ4n) is 4.03. The topological polar surface area (TPSA) is 114 Å². The zero-order valence-electron chi connectivity index (χ0n) is 21.0. The summed E-state index contributed by atoms with van der Waals surface area (Å²) < 4.78 is 6.87. The fraction of sp³-hybridized carbons (Fsp3) is 0.0667. The number of carbonyl (C=O) groups is 3. The summed E-state index contributed by atoms with van der Waals surface area (Å²) in [7, 11) is 0. The first-order valence-corrected chi connectivity index (χ1v) is 12.3. The van der Waals surface area contributed by atoms with Gasteiger partial charge in [0.1, 0.15) is 6.33 Å². The molecule has 0 aliphatic carbocycles.